The molecular weight excluding hydrogens is 495 g/mol. The van der Waals surface area contributed by atoms with Crippen LogP contribution >= 0.6 is 7.82 Å². The van der Waals surface area contributed by atoms with Gasteiger partial charge in [0.15, 0.2) is 12.2 Å². The van der Waals surface area contributed by atoms with Crippen LogP contribution in [0.3, 0.4) is 0 Å². The van der Waals surface area contributed by atoms with Crippen LogP contribution in [-0.4, -0.2) is 90.8 Å². The summed E-state index contributed by atoms with van der Waals surface area (Å²) in [5.41, 5.74) is 0. The molecule has 0 spiro atoms. The molecular formula is C20H35O14P. The number of aliphatic hydroxyl groups is 2. The van der Waals surface area contributed by atoms with Gasteiger partial charge in [0, 0.05) is 39.9 Å². The van der Waals surface area contributed by atoms with Gasteiger partial charge in [0.05, 0.1) is 13.2 Å². The van der Waals surface area contributed by atoms with Crippen LogP contribution in [-0.2, 0) is 51.7 Å². The number of phosphoric ester groups is 1. The molecule has 0 aliphatic rings. The maximum absolute atomic E-state index is 12.2. The molecule has 3 atom stereocenters. The summed E-state index contributed by atoms with van der Waals surface area (Å²) in [6.07, 6.45) is -0.965. The average molecular weight is 530 g/mol. The predicted octanol–water partition coefficient (Wildman–Crippen LogP) is 0.395. The number of aliphatic hydroxyl groups excluding tert-OH is 2. The van der Waals surface area contributed by atoms with Gasteiger partial charge in [-0.15, -0.1) is 0 Å². The lowest BCUT2D eigenvalue weighted by atomic mass is 10.2. The van der Waals surface area contributed by atoms with E-state index in [0.717, 1.165) is 13.8 Å². The van der Waals surface area contributed by atoms with Crippen LogP contribution in [0, 0.1) is 0 Å². The Morgan fingerprint density at radius 2 is 1.17 bits per heavy atom. The summed E-state index contributed by atoms with van der Waals surface area (Å²) in [4.78, 5) is 55.7. The first-order chi connectivity index (χ1) is 16.5. The van der Waals surface area contributed by atoms with E-state index in [0.29, 0.717) is 25.7 Å². The van der Waals surface area contributed by atoms with E-state index < -0.39 is 70.3 Å². The third-order valence-corrected chi connectivity index (χ3v) is 4.91. The van der Waals surface area contributed by atoms with Gasteiger partial charge in [-0.3, -0.25) is 28.2 Å². The second-order valence-electron chi connectivity index (χ2n) is 7.25. The van der Waals surface area contributed by atoms with Gasteiger partial charge < -0.3 is 34.1 Å². The fraction of sp³-hybridized carbons (Fsp3) is 0.800. The van der Waals surface area contributed by atoms with Crippen molar-refractivity contribution in [1.29, 1.82) is 0 Å². The first kappa shape index (κ1) is 32.9. The average Bonchev–Trinajstić information content (AvgIpc) is 2.77. The van der Waals surface area contributed by atoms with E-state index in [1.807, 2.05) is 0 Å². The molecule has 0 radical (unpaired) electrons. The Balaban J connectivity index is 4.89. The van der Waals surface area contributed by atoms with Crippen LogP contribution in [0.5, 0.6) is 0 Å². The van der Waals surface area contributed by atoms with Crippen LogP contribution in [0.2, 0.25) is 0 Å². The third-order valence-electron chi connectivity index (χ3n) is 3.96. The number of hydrogen-bond donors (Lipinski definition) is 3. The summed E-state index contributed by atoms with van der Waals surface area (Å²) in [7, 11) is -4.75. The fourth-order valence-corrected chi connectivity index (χ4v) is 3.12. The minimum atomic E-state index is -4.75. The molecule has 0 aliphatic carbocycles. The highest BCUT2D eigenvalue weighted by atomic mass is 31.2. The summed E-state index contributed by atoms with van der Waals surface area (Å²) in [6.45, 7) is -0.196. The van der Waals surface area contributed by atoms with Crippen molar-refractivity contribution in [2.75, 3.05) is 39.6 Å². The number of hydrogen-bond acceptors (Lipinski definition) is 13. The van der Waals surface area contributed by atoms with Crippen molar-refractivity contribution in [3.05, 3.63) is 0 Å². The molecule has 0 heterocycles. The molecule has 0 aliphatic heterocycles. The van der Waals surface area contributed by atoms with Crippen LogP contribution in [0.4, 0.5) is 0 Å². The van der Waals surface area contributed by atoms with Crippen molar-refractivity contribution in [2.24, 2.45) is 0 Å². The molecule has 0 saturated carbocycles. The number of carbonyl (C=O) groups is 4. The maximum atomic E-state index is 12.2. The molecule has 3 N–H and O–H groups in total. The second-order valence-corrected chi connectivity index (χ2v) is 8.70. The topological polar surface area (TPSA) is 201 Å². The van der Waals surface area contributed by atoms with Crippen molar-refractivity contribution >= 4 is 31.7 Å². The molecule has 0 fully saturated rings. The first-order valence-electron chi connectivity index (χ1n) is 11.0. The van der Waals surface area contributed by atoms with Gasteiger partial charge in [-0.2, -0.15) is 0 Å². The molecule has 15 heteroatoms. The number of ether oxygens (including phenoxy) is 4. The number of rotatable bonds is 20. The van der Waals surface area contributed by atoms with Gasteiger partial charge in [-0.25, -0.2) is 4.57 Å². The van der Waals surface area contributed by atoms with E-state index in [9.17, 15) is 28.6 Å². The normalized spacial score (nSPS) is 14.3. The van der Waals surface area contributed by atoms with Gasteiger partial charge in [0.1, 0.15) is 13.2 Å². The Morgan fingerprint density at radius 1 is 0.686 bits per heavy atom. The molecule has 2 unspecified atom stereocenters. The van der Waals surface area contributed by atoms with Crippen LogP contribution in [0.25, 0.3) is 0 Å². The summed E-state index contributed by atoms with van der Waals surface area (Å²) in [5, 5.41) is 17.6. The van der Waals surface area contributed by atoms with Gasteiger partial charge in [0.2, 0.25) is 0 Å². The highest BCUT2D eigenvalue weighted by molar-refractivity contribution is 7.47. The summed E-state index contributed by atoms with van der Waals surface area (Å²) in [5.74, 6) is -2.74. The number of unbranched alkanes of at least 4 members (excludes halogenated alkanes) is 2. The largest absolute Gasteiger partial charge is 0.472 e. The molecule has 204 valence electrons. The molecule has 0 bridgehead atoms. The quantitative estimate of drug-likeness (QED) is 0.0844. The van der Waals surface area contributed by atoms with Crippen molar-refractivity contribution in [3.8, 4) is 0 Å². The van der Waals surface area contributed by atoms with Crippen molar-refractivity contribution in [2.45, 2.75) is 64.6 Å². The zero-order chi connectivity index (χ0) is 26.7. The lowest BCUT2D eigenvalue weighted by molar-refractivity contribution is -0.161. The monoisotopic (exact) mass is 530 g/mol. The number of phosphoric acid groups is 1. The molecule has 35 heavy (non-hydrogen) atoms. The van der Waals surface area contributed by atoms with E-state index in [4.69, 9.17) is 38.2 Å². The number of carbonyl (C=O) groups excluding carboxylic acids is 4. The highest BCUT2D eigenvalue weighted by Gasteiger charge is 2.28. The predicted molar refractivity (Wildman–Crippen MR) is 117 cm³/mol. The highest BCUT2D eigenvalue weighted by Crippen LogP contribution is 2.43. The minimum Gasteiger partial charge on any atom is -0.462 e. The van der Waals surface area contributed by atoms with Gasteiger partial charge in [-0.1, -0.05) is 0 Å². The van der Waals surface area contributed by atoms with E-state index in [-0.39, 0.29) is 26.1 Å². The Labute approximate surface area is 203 Å². The zero-order valence-corrected chi connectivity index (χ0v) is 20.8. The maximum Gasteiger partial charge on any atom is 0.472 e. The molecule has 0 rings (SSSR count). The Kier molecular flexibility index (Phi) is 18.0. The Hall–Kier alpha value is -2.09. The smallest absolute Gasteiger partial charge is 0.462 e. The summed E-state index contributed by atoms with van der Waals surface area (Å²) < 4.78 is 41.5. The molecule has 0 aromatic rings. The first-order valence-corrected chi connectivity index (χ1v) is 12.5. The van der Waals surface area contributed by atoms with Crippen molar-refractivity contribution < 1.29 is 66.8 Å². The SMILES string of the molecule is CC(=O)OC[C@H](COP(=O)(O)OCC(COC(=O)CCCCO)OC(=O)CCCCO)OC(C)=O. The van der Waals surface area contributed by atoms with Crippen LogP contribution in [0.15, 0.2) is 0 Å². The molecule has 0 amide bonds. The van der Waals surface area contributed by atoms with Gasteiger partial charge in [-0.05, 0) is 25.7 Å². The van der Waals surface area contributed by atoms with Crippen molar-refractivity contribution in [1.82, 2.24) is 0 Å². The summed E-state index contributed by atoms with van der Waals surface area (Å²) >= 11 is 0. The van der Waals surface area contributed by atoms with Crippen LogP contribution < -0.4 is 0 Å². The Morgan fingerprint density at radius 3 is 1.66 bits per heavy atom. The fourth-order valence-electron chi connectivity index (χ4n) is 2.33. The molecule has 14 nitrogen and oxygen atoms in total. The van der Waals surface area contributed by atoms with Crippen LogP contribution in [0.1, 0.15) is 52.4 Å². The van der Waals surface area contributed by atoms with Gasteiger partial charge >= 0.3 is 31.7 Å². The van der Waals surface area contributed by atoms with Gasteiger partial charge in [0.25, 0.3) is 0 Å². The minimum absolute atomic E-state index is 0.0139. The molecule has 0 aromatic heterocycles. The lowest BCUT2D eigenvalue weighted by Crippen LogP contribution is -2.30. The zero-order valence-electron chi connectivity index (χ0n) is 19.9. The van der Waals surface area contributed by atoms with E-state index >= 15 is 0 Å². The summed E-state index contributed by atoms with van der Waals surface area (Å²) in [6, 6.07) is 0. The van der Waals surface area contributed by atoms with Crippen molar-refractivity contribution in [3.63, 3.8) is 0 Å². The van der Waals surface area contributed by atoms with E-state index in [1.54, 1.807) is 0 Å². The third kappa shape index (κ3) is 19.9. The van der Waals surface area contributed by atoms with E-state index in [1.165, 1.54) is 0 Å². The number of esters is 4. The second kappa shape index (κ2) is 19.1. The molecule has 0 aromatic carbocycles. The standard InChI is InChI=1S/C20H35O14P/c1-15(23)29-11-17(33-16(2)24)13-31-35(27,28)32-14-18(34-20(26)8-4-6-10-22)12-30-19(25)7-3-5-9-21/h17-18,21-22H,3-14H2,1-2H3,(H,27,28)/t17-,18?/m1/s1. The Bertz CT molecular complexity index is 697. The van der Waals surface area contributed by atoms with E-state index in [2.05, 4.69) is 0 Å². The molecule has 0 saturated heterocycles. The lowest BCUT2D eigenvalue weighted by Gasteiger charge is -2.21.